The topological polar surface area (TPSA) is 114 Å². The fourth-order valence-electron chi connectivity index (χ4n) is 2.80. The van der Waals surface area contributed by atoms with Crippen molar-refractivity contribution in [1.82, 2.24) is 29.7 Å². The molecular weight excluding hydrogens is 427 g/mol. The van der Waals surface area contributed by atoms with Gasteiger partial charge in [-0.1, -0.05) is 30.3 Å². The van der Waals surface area contributed by atoms with Gasteiger partial charge in [-0.25, -0.2) is 15.0 Å². The molecule has 3 aromatic heterocycles. The molecule has 0 aliphatic heterocycles. The summed E-state index contributed by atoms with van der Waals surface area (Å²) < 4.78 is 38.8. The van der Waals surface area contributed by atoms with E-state index in [1.165, 1.54) is 6.07 Å². The van der Waals surface area contributed by atoms with E-state index in [0.717, 1.165) is 18.0 Å². The Morgan fingerprint density at radius 2 is 1.62 bits per heavy atom. The Kier molecular flexibility index (Phi) is 5.50. The van der Waals surface area contributed by atoms with Crippen LogP contribution in [-0.4, -0.2) is 48.9 Å². The lowest BCUT2D eigenvalue weighted by Gasteiger charge is -2.10. The Hall–Kier alpha value is -4.35. The van der Waals surface area contributed by atoms with E-state index >= 15 is 0 Å². The molecular formula is C20H14F3N7O2. The minimum absolute atomic E-state index is 0.111. The lowest BCUT2D eigenvalue weighted by molar-refractivity contribution is -0.123. The van der Waals surface area contributed by atoms with Crippen LogP contribution in [-0.2, 0) is 0 Å². The van der Waals surface area contributed by atoms with Crippen molar-refractivity contribution in [3.8, 4) is 11.3 Å². The molecule has 32 heavy (non-hydrogen) atoms. The Balaban J connectivity index is 1.55. The summed E-state index contributed by atoms with van der Waals surface area (Å²) in [5.41, 5.74) is 0.585. The second kappa shape index (κ2) is 8.41. The summed E-state index contributed by atoms with van der Waals surface area (Å²) in [6.45, 7) is -1.56. The highest BCUT2D eigenvalue weighted by Crippen LogP contribution is 2.19. The molecule has 9 nitrogen and oxygen atoms in total. The van der Waals surface area contributed by atoms with Gasteiger partial charge in [0, 0.05) is 30.4 Å². The van der Waals surface area contributed by atoms with Gasteiger partial charge in [0.25, 0.3) is 11.8 Å². The van der Waals surface area contributed by atoms with Crippen LogP contribution >= 0.6 is 0 Å². The third kappa shape index (κ3) is 4.69. The van der Waals surface area contributed by atoms with Crippen molar-refractivity contribution < 1.29 is 22.8 Å². The maximum atomic E-state index is 12.6. The first-order chi connectivity index (χ1) is 15.3. The molecule has 0 spiro atoms. The second-order valence-corrected chi connectivity index (χ2v) is 6.52. The lowest BCUT2D eigenvalue weighted by Crippen LogP contribution is -2.35. The van der Waals surface area contributed by atoms with E-state index < -0.39 is 35.9 Å². The number of halogens is 3. The highest BCUT2D eigenvalue weighted by atomic mass is 19.4. The number of carbonyl (C=O) groups excluding carboxylic acids is 2. The number of anilines is 1. The largest absolute Gasteiger partial charge is 0.405 e. The van der Waals surface area contributed by atoms with Crippen molar-refractivity contribution in [2.45, 2.75) is 6.18 Å². The van der Waals surface area contributed by atoms with Crippen molar-refractivity contribution >= 4 is 23.4 Å². The molecule has 4 aromatic rings. The molecule has 0 radical (unpaired) electrons. The van der Waals surface area contributed by atoms with Crippen molar-refractivity contribution in [1.29, 1.82) is 0 Å². The SMILES string of the molecule is O=C(NCC(F)(F)F)c1nccnc1C(=O)Nc1ccn2cc(-c3ccccc3)nc2n1. The molecule has 0 saturated heterocycles. The van der Waals surface area contributed by atoms with E-state index in [-0.39, 0.29) is 5.82 Å². The summed E-state index contributed by atoms with van der Waals surface area (Å²) in [5.74, 6) is -1.62. The first kappa shape index (κ1) is 20.9. The van der Waals surface area contributed by atoms with Crippen molar-refractivity contribution in [3.63, 3.8) is 0 Å². The molecule has 162 valence electrons. The predicted octanol–water partition coefficient (Wildman–Crippen LogP) is 2.73. The van der Waals surface area contributed by atoms with Crippen LogP contribution in [0.25, 0.3) is 17.0 Å². The molecule has 2 amide bonds. The molecule has 3 heterocycles. The monoisotopic (exact) mass is 441 g/mol. The fraction of sp³-hybridized carbons (Fsp3) is 0.100. The molecule has 1 aromatic carbocycles. The van der Waals surface area contributed by atoms with E-state index in [0.29, 0.717) is 11.5 Å². The molecule has 0 unspecified atom stereocenters. The average Bonchev–Trinajstić information content (AvgIpc) is 3.21. The third-order valence-corrected chi connectivity index (χ3v) is 4.22. The van der Waals surface area contributed by atoms with Crippen LogP contribution in [0, 0.1) is 0 Å². The summed E-state index contributed by atoms with van der Waals surface area (Å²) in [7, 11) is 0. The maximum Gasteiger partial charge on any atom is 0.405 e. The van der Waals surface area contributed by atoms with Gasteiger partial charge < -0.3 is 10.6 Å². The first-order valence-corrected chi connectivity index (χ1v) is 9.19. The minimum atomic E-state index is -4.61. The summed E-state index contributed by atoms with van der Waals surface area (Å²) >= 11 is 0. The highest BCUT2D eigenvalue weighted by molar-refractivity contribution is 6.09. The standard InChI is InChI=1S/C20H14F3N7O2/c21-20(22,23)11-26-17(31)15-16(25-8-7-24-15)18(32)28-14-6-9-30-10-13(27-19(30)29-14)12-4-2-1-3-5-12/h1-10H,11H2,(H,26,31)(H,27,28,29,32). The van der Waals surface area contributed by atoms with Crippen molar-refractivity contribution in [2.24, 2.45) is 0 Å². The molecule has 4 rings (SSSR count). The second-order valence-electron chi connectivity index (χ2n) is 6.52. The number of hydrogen-bond acceptors (Lipinski definition) is 6. The maximum absolute atomic E-state index is 12.6. The number of hydrogen-bond donors (Lipinski definition) is 2. The zero-order chi connectivity index (χ0) is 22.7. The number of rotatable bonds is 5. The number of amides is 2. The molecule has 0 aliphatic rings. The van der Waals surface area contributed by atoms with Gasteiger partial charge in [-0.15, -0.1) is 0 Å². The normalized spacial score (nSPS) is 11.3. The van der Waals surface area contributed by atoms with Crippen molar-refractivity contribution in [3.05, 3.63) is 72.6 Å². The summed E-state index contributed by atoms with van der Waals surface area (Å²) in [6.07, 6.45) is 1.04. The Bertz CT molecular complexity index is 1290. The minimum Gasteiger partial charge on any atom is -0.342 e. The average molecular weight is 441 g/mol. The number of benzene rings is 1. The molecule has 0 saturated carbocycles. The number of aromatic nitrogens is 5. The van der Waals surface area contributed by atoms with Gasteiger partial charge in [0.1, 0.15) is 12.4 Å². The Labute approximate surface area is 178 Å². The molecule has 0 bridgehead atoms. The first-order valence-electron chi connectivity index (χ1n) is 9.19. The number of nitrogens with one attached hydrogen (secondary N) is 2. The number of nitrogens with zero attached hydrogens (tertiary/aromatic N) is 5. The van der Waals surface area contributed by atoms with Crippen molar-refractivity contribution in [2.75, 3.05) is 11.9 Å². The van der Waals surface area contributed by atoms with Crippen LogP contribution in [0.3, 0.4) is 0 Å². The van der Waals surface area contributed by atoms with E-state index in [1.807, 2.05) is 30.3 Å². The third-order valence-electron chi connectivity index (χ3n) is 4.22. The van der Waals surface area contributed by atoms with Gasteiger partial charge in [0.2, 0.25) is 5.78 Å². The van der Waals surface area contributed by atoms with Gasteiger partial charge in [-0.3, -0.25) is 14.0 Å². The molecule has 0 fully saturated rings. The summed E-state index contributed by atoms with van der Waals surface area (Å²) in [5, 5.41) is 4.12. The quantitative estimate of drug-likeness (QED) is 0.492. The number of imidazole rings is 1. The van der Waals surface area contributed by atoms with Crippen LogP contribution in [0.1, 0.15) is 21.0 Å². The smallest absolute Gasteiger partial charge is 0.342 e. The molecule has 2 N–H and O–H groups in total. The van der Waals surface area contributed by atoms with E-state index in [9.17, 15) is 22.8 Å². The Morgan fingerprint density at radius 1 is 0.938 bits per heavy atom. The van der Waals surface area contributed by atoms with Crippen LogP contribution < -0.4 is 10.6 Å². The van der Waals surface area contributed by atoms with Crippen LogP contribution in [0.4, 0.5) is 19.0 Å². The lowest BCUT2D eigenvalue weighted by atomic mass is 10.2. The van der Waals surface area contributed by atoms with Gasteiger partial charge in [0.05, 0.1) is 5.69 Å². The van der Waals surface area contributed by atoms with E-state index in [4.69, 9.17) is 0 Å². The van der Waals surface area contributed by atoms with Gasteiger partial charge in [-0.2, -0.15) is 18.2 Å². The van der Waals surface area contributed by atoms with Gasteiger partial charge >= 0.3 is 6.18 Å². The summed E-state index contributed by atoms with van der Waals surface area (Å²) in [4.78, 5) is 40.8. The molecule has 0 atom stereocenters. The van der Waals surface area contributed by atoms with E-state index in [1.54, 1.807) is 22.1 Å². The number of carbonyl (C=O) groups is 2. The summed E-state index contributed by atoms with van der Waals surface area (Å²) in [6, 6.07) is 10.9. The number of fused-ring (bicyclic) bond motifs is 1. The van der Waals surface area contributed by atoms with Crippen LogP contribution in [0.5, 0.6) is 0 Å². The molecule has 0 aliphatic carbocycles. The van der Waals surface area contributed by atoms with Gasteiger partial charge in [-0.05, 0) is 6.07 Å². The Morgan fingerprint density at radius 3 is 2.31 bits per heavy atom. The zero-order valence-electron chi connectivity index (χ0n) is 16.2. The van der Waals surface area contributed by atoms with E-state index in [2.05, 4.69) is 25.3 Å². The van der Waals surface area contributed by atoms with Crippen LogP contribution in [0.15, 0.2) is 61.2 Å². The highest BCUT2D eigenvalue weighted by Gasteiger charge is 2.29. The van der Waals surface area contributed by atoms with Crippen LogP contribution in [0.2, 0.25) is 0 Å². The predicted molar refractivity (Wildman–Crippen MR) is 107 cm³/mol. The fourth-order valence-corrected chi connectivity index (χ4v) is 2.80. The zero-order valence-corrected chi connectivity index (χ0v) is 16.2. The number of alkyl halides is 3. The molecule has 12 heteroatoms. The van der Waals surface area contributed by atoms with Gasteiger partial charge in [0.15, 0.2) is 11.4 Å².